The zero-order valence-electron chi connectivity index (χ0n) is 24.0. The van der Waals surface area contributed by atoms with Crippen molar-refractivity contribution < 1.29 is 14.4 Å². The molecule has 3 aliphatic rings. The van der Waals surface area contributed by atoms with Crippen LogP contribution < -0.4 is 16.0 Å². The predicted molar refractivity (Wildman–Crippen MR) is 182 cm³/mol. The number of carbonyl (C=O) groups is 3. The Morgan fingerprint density at radius 2 is 0.696 bits per heavy atom. The van der Waals surface area contributed by atoms with Gasteiger partial charge in [0.2, 0.25) is 35.8 Å². The van der Waals surface area contributed by atoms with Crippen molar-refractivity contribution in [3.05, 3.63) is 108 Å². The second kappa shape index (κ2) is 13.6. The van der Waals surface area contributed by atoms with Gasteiger partial charge in [0.1, 0.15) is 18.9 Å². The van der Waals surface area contributed by atoms with E-state index >= 15 is 0 Å². The zero-order chi connectivity index (χ0) is 31.7. The Bertz CT molecular complexity index is 1720. The van der Waals surface area contributed by atoms with Crippen molar-refractivity contribution in [2.75, 3.05) is 16.0 Å². The van der Waals surface area contributed by atoms with Crippen LogP contribution in [0.5, 0.6) is 0 Å². The summed E-state index contributed by atoms with van der Waals surface area (Å²) in [7, 11) is 0. The third kappa shape index (κ3) is 7.01. The molecule has 0 atom stereocenters. The number of guanidine groups is 6. The second-order valence-corrected chi connectivity index (χ2v) is 9.60. The Hall–Kier alpha value is -6.89. The van der Waals surface area contributed by atoms with E-state index in [1.807, 2.05) is 72.8 Å². The molecule has 0 amide bonds. The normalized spacial score (nSPS) is 15.3. The van der Waals surface area contributed by atoms with Crippen LogP contribution in [-0.4, -0.2) is 59.5 Å². The van der Waals surface area contributed by atoms with Crippen molar-refractivity contribution >= 4 is 89.9 Å². The SMILES string of the molecule is O=C/C=C/c1ccc(NC2=NC3=NC(Nc4ccc(/C=C/C=O)cc4)=NC4=NC(Nc5ccc(/C=C/C=O)cc5)=NC(=N2)N34)cc1. The van der Waals surface area contributed by atoms with E-state index in [1.54, 1.807) is 18.2 Å². The molecular weight excluding hydrogens is 584 g/mol. The van der Waals surface area contributed by atoms with Gasteiger partial charge in [-0.05, 0) is 71.3 Å². The first-order valence-electron chi connectivity index (χ1n) is 13.9. The van der Waals surface area contributed by atoms with Crippen LogP contribution in [0.2, 0.25) is 0 Å². The van der Waals surface area contributed by atoms with E-state index in [0.717, 1.165) is 35.5 Å². The average molecular weight is 609 g/mol. The Kier molecular flexibility index (Phi) is 8.63. The first kappa shape index (κ1) is 29.2. The van der Waals surface area contributed by atoms with Crippen molar-refractivity contribution in [2.45, 2.75) is 0 Å². The van der Waals surface area contributed by atoms with Gasteiger partial charge in [-0.25, -0.2) is 4.90 Å². The topological polar surface area (TPSA) is 165 Å². The van der Waals surface area contributed by atoms with Gasteiger partial charge >= 0.3 is 0 Å². The highest BCUT2D eigenvalue weighted by atomic mass is 16.1. The summed E-state index contributed by atoms with van der Waals surface area (Å²) in [5.74, 6) is 1.45. The lowest BCUT2D eigenvalue weighted by Crippen LogP contribution is -2.49. The van der Waals surface area contributed by atoms with Crippen molar-refractivity contribution in [2.24, 2.45) is 30.0 Å². The van der Waals surface area contributed by atoms with E-state index in [0.29, 0.717) is 17.1 Å². The highest BCUT2D eigenvalue weighted by Gasteiger charge is 2.35. The number of carbonyl (C=O) groups excluding carboxylic acids is 3. The van der Waals surface area contributed by atoms with Crippen molar-refractivity contribution in [3.63, 3.8) is 0 Å². The summed E-state index contributed by atoms with van der Waals surface area (Å²) in [5, 5.41) is 9.55. The van der Waals surface area contributed by atoms with Crippen LogP contribution >= 0.6 is 0 Å². The standard InChI is InChI=1S/C33H24N10O3/c44-19-1-4-22-7-13-25(14-8-22)34-28-37-31-39-29(35-26-15-9-23(10-16-26)5-2-20-45)41-33-42-30(40-32(38-28)43(31)33)36-27-17-11-24(12-18-27)6-3-21-46/h1-21H,(H3,34,35,36,37,38,39,40,41,42)/b4-1+,5-2+,6-3+. The molecule has 0 spiro atoms. The van der Waals surface area contributed by atoms with E-state index in [-0.39, 0.29) is 35.8 Å². The van der Waals surface area contributed by atoms with Gasteiger partial charge in [0.15, 0.2) is 0 Å². The molecule has 0 aromatic heterocycles. The molecule has 0 saturated carbocycles. The van der Waals surface area contributed by atoms with Gasteiger partial charge in [-0.2, -0.15) is 30.0 Å². The fourth-order valence-corrected chi connectivity index (χ4v) is 4.33. The van der Waals surface area contributed by atoms with Gasteiger partial charge in [-0.1, -0.05) is 54.6 Å². The fraction of sp³-hybridized carbons (Fsp3) is 0. The summed E-state index contributed by atoms with van der Waals surface area (Å²) in [6.45, 7) is 0. The Morgan fingerprint density at radius 3 is 0.957 bits per heavy atom. The molecule has 0 fully saturated rings. The third-order valence-electron chi connectivity index (χ3n) is 6.44. The lowest BCUT2D eigenvalue weighted by molar-refractivity contribution is -0.104. The van der Waals surface area contributed by atoms with E-state index < -0.39 is 0 Å². The van der Waals surface area contributed by atoms with Crippen LogP contribution in [0, 0.1) is 0 Å². The Morgan fingerprint density at radius 1 is 0.413 bits per heavy atom. The monoisotopic (exact) mass is 608 g/mol. The number of hydrogen-bond donors (Lipinski definition) is 3. The predicted octanol–water partition coefficient (Wildman–Crippen LogP) is 4.44. The van der Waals surface area contributed by atoms with Crippen LogP contribution in [0.3, 0.4) is 0 Å². The minimum absolute atomic E-state index is 0.240. The van der Waals surface area contributed by atoms with Crippen LogP contribution in [-0.2, 0) is 14.4 Å². The third-order valence-corrected chi connectivity index (χ3v) is 6.44. The number of nitrogens with zero attached hydrogens (tertiary/aromatic N) is 7. The molecule has 224 valence electrons. The molecule has 13 heteroatoms. The zero-order valence-corrected chi connectivity index (χ0v) is 24.0. The first-order chi connectivity index (χ1) is 22.6. The number of aldehydes is 3. The molecule has 0 radical (unpaired) electrons. The summed E-state index contributed by atoms with van der Waals surface area (Å²) in [6.07, 6.45) is 11.5. The van der Waals surface area contributed by atoms with Crippen LogP contribution in [0.4, 0.5) is 17.1 Å². The smallest absolute Gasteiger partial charge is 0.246 e. The van der Waals surface area contributed by atoms with E-state index in [1.165, 1.54) is 23.1 Å². The van der Waals surface area contributed by atoms with Gasteiger partial charge in [0.05, 0.1) is 0 Å². The molecule has 0 bridgehead atoms. The highest BCUT2D eigenvalue weighted by molar-refractivity contribution is 6.32. The minimum atomic E-state index is 0.240. The molecule has 0 unspecified atom stereocenters. The molecule has 6 rings (SSSR count). The molecular formula is C33H24N10O3. The lowest BCUT2D eigenvalue weighted by atomic mass is 10.2. The van der Waals surface area contributed by atoms with Crippen molar-refractivity contribution in [1.82, 2.24) is 4.90 Å². The molecule has 3 heterocycles. The highest BCUT2D eigenvalue weighted by Crippen LogP contribution is 2.21. The number of hydrogen-bond acceptors (Lipinski definition) is 13. The molecule has 3 aromatic rings. The van der Waals surface area contributed by atoms with Gasteiger partial charge < -0.3 is 16.0 Å². The molecule has 3 aliphatic heterocycles. The number of aliphatic imine (C=N–C) groups is 6. The number of benzene rings is 3. The van der Waals surface area contributed by atoms with Crippen LogP contribution in [0.1, 0.15) is 16.7 Å². The van der Waals surface area contributed by atoms with Gasteiger partial charge in [-0.3, -0.25) is 14.4 Å². The molecule has 46 heavy (non-hydrogen) atoms. The van der Waals surface area contributed by atoms with Gasteiger partial charge in [0.25, 0.3) is 0 Å². The maximum Gasteiger partial charge on any atom is 0.246 e. The van der Waals surface area contributed by atoms with Crippen molar-refractivity contribution in [3.8, 4) is 0 Å². The summed E-state index contributed by atoms with van der Waals surface area (Å²) >= 11 is 0. The largest absolute Gasteiger partial charge is 0.324 e. The van der Waals surface area contributed by atoms with Crippen LogP contribution in [0.25, 0.3) is 18.2 Å². The second-order valence-electron chi connectivity index (χ2n) is 9.60. The fourth-order valence-electron chi connectivity index (χ4n) is 4.33. The quantitative estimate of drug-likeness (QED) is 0.239. The maximum absolute atomic E-state index is 10.7. The molecule has 13 nitrogen and oxygen atoms in total. The van der Waals surface area contributed by atoms with E-state index in [4.69, 9.17) is 0 Å². The summed E-state index contributed by atoms with van der Waals surface area (Å²) in [4.78, 5) is 61.1. The number of anilines is 3. The maximum atomic E-state index is 10.7. The summed E-state index contributed by atoms with van der Waals surface area (Å²) < 4.78 is 0. The van der Waals surface area contributed by atoms with E-state index in [9.17, 15) is 14.4 Å². The van der Waals surface area contributed by atoms with Crippen molar-refractivity contribution in [1.29, 1.82) is 0 Å². The molecule has 3 N–H and O–H groups in total. The van der Waals surface area contributed by atoms with E-state index in [2.05, 4.69) is 45.9 Å². The average Bonchev–Trinajstić information content (AvgIpc) is 3.07. The Labute approximate surface area is 262 Å². The molecule has 0 saturated heterocycles. The lowest BCUT2D eigenvalue weighted by Gasteiger charge is -2.30. The van der Waals surface area contributed by atoms with Gasteiger partial charge in [-0.15, -0.1) is 0 Å². The summed E-state index contributed by atoms with van der Waals surface area (Å²) in [6, 6.07) is 22.1. The van der Waals surface area contributed by atoms with Gasteiger partial charge in [0, 0.05) is 17.1 Å². The number of nitrogens with one attached hydrogen (secondary N) is 3. The molecule has 3 aromatic carbocycles. The minimum Gasteiger partial charge on any atom is -0.324 e. The molecule has 0 aliphatic carbocycles. The number of allylic oxidation sites excluding steroid dienone is 3. The first-order valence-corrected chi connectivity index (χ1v) is 13.9. The Balaban J connectivity index is 1.31. The van der Waals surface area contributed by atoms with Crippen LogP contribution in [0.15, 0.2) is 121 Å². The summed E-state index contributed by atoms with van der Waals surface area (Å²) in [5.41, 5.74) is 4.71. The number of rotatable bonds is 9.